The first-order chi connectivity index (χ1) is 14.3. The molecular weight excluding hydrogens is 420 g/mol. The summed E-state index contributed by atoms with van der Waals surface area (Å²) in [5, 5.41) is 5.20. The van der Waals surface area contributed by atoms with Gasteiger partial charge in [0.05, 0.1) is 18.1 Å². The number of benzene rings is 2. The van der Waals surface area contributed by atoms with Crippen molar-refractivity contribution in [1.29, 1.82) is 0 Å². The lowest BCUT2D eigenvalue weighted by atomic mass is 10.2. The van der Waals surface area contributed by atoms with Gasteiger partial charge >= 0.3 is 12.6 Å². The molecule has 0 unspecified atom stereocenters. The molecule has 1 saturated heterocycles. The van der Waals surface area contributed by atoms with E-state index in [1.54, 1.807) is 24.3 Å². The number of morpholine rings is 1. The van der Waals surface area contributed by atoms with Crippen molar-refractivity contribution in [3.63, 3.8) is 0 Å². The van der Waals surface area contributed by atoms with Gasteiger partial charge in [0.1, 0.15) is 5.75 Å². The number of hydrogen-bond donors (Lipinski definition) is 2. The van der Waals surface area contributed by atoms with Crippen LogP contribution in [0.15, 0.2) is 53.4 Å². The Morgan fingerprint density at radius 3 is 2.50 bits per heavy atom. The van der Waals surface area contributed by atoms with E-state index >= 15 is 0 Å². The normalized spacial score (nSPS) is 15.0. The average Bonchev–Trinajstić information content (AvgIpc) is 2.74. The lowest BCUT2D eigenvalue weighted by molar-refractivity contribution is -0.0498. The average molecular weight is 441 g/mol. The minimum Gasteiger partial charge on any atom is -0.435 e. The Balaban J connectivity index is 1.57. The molecule has 2 N–H and O–H groups in total. The van der Waals surface area contributed by atoms with Gasteiger partial charge in [-0.3, -0.25) is 0 Å². The molecule has 11 heteroatoms. The number of hydrogen-bond acceptors (Lipinski definition) is 5. The Kier molecular flexibility index (Phi) is 7.19. The van der Waals surface area contributed by atoms with Crippen LogP contribution in [-0.4, -0.2) is 51.7 Å². The molecule has 1 fully saturated rings. The minimum atomic E-state index is -3.67. The number of alkyl halides is 2. The molecular formula is C19H21F2N3O5S. The number of anilines is 1. The van der Waals surface area contributed by atoms with E-state index in [1.807, 2.05) is 0 Å². The standard InChI is InChI=1S/C19H21F2N3O5S/c20-18(21)29-16-6-4-14(5-7-16)13-22-19(25)23-15-2-1-3-17(12-15)30(26,27)24-8-10-28-11-9-24/h1-7,12,18H,8-11,13H2,(H2,22,23,25). The van der Waals surface area contributed by atoms with E-state index in [4.69, 9.17) is 4.74 Å². The highest BCUT2D eigenvalue weighted by Gasteiger charge is 2.26. The second-order valence-electron chi connectivity index (χ2n) is 6.37. The molecule has 0 radical (unpaired) electrons. The fraction of sp³-hybridized carbons (Fsp3) is 0.316. The number of sulfonamides is 1. The highest BCUT2D eigenvalue weighted by Crippen LogP contribution is 2.20. The minimum absolute atomic E-state index is 0.0245. The number of carbonyl (C=O) groups is 1. The van der Waals surface area contributed by atoms with E-state index in [0.29, 0.717) is 24.5 Å². The Morgan fingerprint density at radius 2 is 1.83 bits per heavy atom. The second kappa shape index (κ2) is 9.83. The summed E-state index contributed by atoms with van der Waals surface area (Å²) in [6.45, 7) is -1.51. The van der Waals surface area contributed by atoms with Crippen molar-refractivity contribution < 1.29 is 31.5 Å². The zero-order valence-electron chi connectivity index (χ0n) is 15.9. The van der Waals surface area contributed by atoms with Gasteiger partial charge in [-0.05, 0) is 35.9 Å². The maximum atomic E-state index is 12.7. The van der Waals surface area contributed by atoms with Crippen molar-refractivity contribution in [3.8, 4) is 5.75 Å². The zero-order chi connectivity index (χ0) is 21.6. The molecule has 2 aromatic carbocycles. The first-order valence-electron chi connectivity index (χ1n) is 9.11. The molecule has 0 aliphatic carbocycles. The lowest BCUT2D eigenvalue weighted by Gasteiger charge is -2.26. The van der Waals surface area contributed by atoms with Crippen LogP contribution in [0.3, 0.4) is 0 Å². The first kappa shape index (κ1) is 21.9. The lowest BCUT2D eigenvalue weighted by Crippen LogP contribution is -2.40. The Hall–Kier alpha value is -2.76. The number of amides is 2. The molecule has 3 rings (SSSR count). The summed E-state index contributed by atoms with van der Waals surface area (Å²) in [6, 6.07) is 11.3. The third-order valence-electron chi connectivity index (χ3n) is 4.30. The van der Waals surface area contributed by atoms with Gasteiger partial charge in [-0.25, -0.2) is 13.2 Å². The fourth-order valence-corrected chi connectivity index (χ4v) is 4.27. The number of nitrogens with one attached hydrogen (secondary N) is 2. The summed E-state index contributed by atoms with van der Waals surface area (Å²) >= 11 is 0. The van der Waals surface area contributed by atoms with Gasteiger partial charge in [-0.15, -0.1) is 0 Å². The van der Waals surface area contributed by atoms with Crippen LogP contribution in [0.5, 0.6) is 5.75 Å². The van der Waals surface area contributed by atoms with Crippen LogP contribution in [0.1, 0.15) is 5.56 Å². The van der Waals surface area contributed by atoms with Crippen molar-refractivity contribution in [3.05, 3.63) is 54.1 Å². The van der Waals surface area contributed by atoms with Gasteiger partial charge in [-0.1, -0.05) is 18.2 Å². The van der Waals surface area contributed by atoms with E-state index in [9.17, 15) is 22.0 Å². The fourth-order valence-electron chi connectivity index (χ4n) is 2.82. The number of halogens is 2. The summed E-state index contributed by atoms with van der Waals surface area (Å²) < 4.78 is 60.5. The van der Waals surface area contributed by atoms with Gasteiger partial charge in [-0.2, -0.15) is 13.1 Å². The summed E-state index contributed by atoms with van der Waals surface area (Å²) in [7, 11) is -3.67. The molecule has 1 aliphatic heterocycles. The number of nitrogens with zero attached hydrogens (tertiary/aromatic N) is 1. The molecule has 0 bridgehead atoms. The van der Waals surface area contributed by atoms with Crippen LogP contribution < -0.4 is 15.4 Å². The van der Waals surface area contributed by atoms with Crippen LogP contribution in [0.25, 0.3) is 0 Å². The molecule has 2 amide bonds. The Morgan fingerprint density at radius 1 is 1.13 bits per heavy atom. The third kappa shape index (κ3) is 5.88. The monoisotopic (exact) mass is 441 g/mol. The molecule has 30 heavy (non-hydrogen) atoms. The van der Waals surface area contributed by atoms with Crippen LogP contribution >= 0.6 is 0 Å². The Bertz CT molecular complexity index is 964. The number of urea groups is 1. The molecule has 0 aromatic heterocycles. The first-order valence-corrected chi connectivity index (χ1v) is 10.6. The van der Waals surface area contributed by atoms with Gasteiger partial charge in [0.25, 0.3) is 0 Å². The molecule has 1 heterocycles. The van der Waals surface area contributed by atoms with Gasteiger partial charge in [0.2, 0.25) is 10.0 Å². The van der Waals surface area contributed by atoms with Crippen molar-refractivity contribution in [2.24, 2.45) is 0 Å². The maximum absolute atomic E-state index is 12.7. The van der Waals surface area contributed by atoms with Gasteiger partial charge < -0.3 is 20.1 Å². The summed E-state index contributed by atoms with van der Waals surface area (Å²) in [4.78, 5) is 12.2. The topological polar surface area (TPSA) is 97.0 Å². The SMILES string of the molecule is O=C(NCc1ccc(OC(F)F)cc1)Nc1cccc(S(=O)(=O)N2CCOCC2)c1. The largest absolute Gasteiger partial charge is 0.435 e. The molecule has 0 spiro atoms. The predicted octanol–water partition coefficient (Wildman–Crippen LogP) is 2.63. The van der Waals surface area contributed by atoms with Crippen LogP contribution in [0.2, 0.25) is 0 Å². The molecule has 0 saturated carbocycles. The van der Waals surface area contributed by atoms with Crippen molar-refractivity contribution >= 4 is 21.7 Å². The third-order valence-corrected chi connectivity index (χ3v) is 6.20. The maximum Gasteiger partial charge on any atom is 0.387 e. The van der Waals surface area contributed by atoms with E-state index in [1.165, 1.54) is 28.6 Å². The van der Waals surface area contributed by atoms with Crippen molar-refractivity contribution in [2.45, 2.75) is 18.1 Å². The predicted molar refractivity (Wildman–Crippen MR) is 105 cm³/mol. The van der Waals surface area contributed by atoms with E-state index in [0.717, 1.165) is 0 Å². The number of carbonyl (C=O) groups excluding carboxylic acids is 1. The second-order valence-corrected chi connectivity index (χ2v) is 8.31. The van der Waals surface area contributed by atoms with E-state index in [-0.39, 0.29) is 30.3 Å². The van der Waals surface area contributed by atoms with Crippen molar-refractivity contribution in [1.82, 2.24) is 9.62 Å². The Labute approximate surface area is 172 Å². The van der Waals surface area contributed by atoms with Crippen LogP contribution in [0, 0.1) is 0 Å². The smallest absolute Gasteiger partial charge is 0.387 e. The number of rotatable bonds is 7. The van der Waals surface area contributed by atoms with Crippen LogP contribution in [0.4, 0.5) is 19.3 Å². The van der Waals surface area contributed by atoms with Gasteiger partial charge in [0, 0.05) is 25.3 Å². The highest BCUT2D eigenvalue weighted by molar-refractivity contribution is 7.89. The highest BCUT2D eigenvalue weighted by atomic mass is 32.2. The molecule has 0 atom stereocenters. The summed E-state index contributed by atoms with van der Waals surface area (Å²) in [6.07, 6.45) is 0. The molecule has 2 aromatic rings. The summed E-state index contributed by atoms with van der Waals surface area (Å²) in [5.74, 6) is 0.0245. The van der Waals surface area contributed by atoms with Gasteiger partial charge in [0.15, 0.2) is 0 Å². The molecule has 8 nitrogen and oxygen atoms in total. The summed E-state index contributed by atoms with van der Waals surface area (Å²) in [5.41, 5.74) is 0.998. The quantitative estimate of drug-likeness (QED) is 0.689. The van der Waals surface area contributed by atoms with E-state index < -0.39 is 22.7 Å². The zero-order valence-corrected chi connectivity index (χ0v) is 16.7. The molecule has 1 aliphatic rings. The van der Waals surface area contributed by atoms with E-state index in [2.05, 4.69) is 15.4 Å². The number of ether oxygens (including phenoxy) is 2. The van der Waals surface area contributed by atoms with Crippen molar-refractivity contribution in [2.75, 3.05) is 31.6 Å². The van der Waals surface area contributed by atoms with Crippen LogP contribution in [-0.2, 0) is 21.3 Å². The molecule has 162 valence electrons.